The molecule has 6 heteroatoms. The number of nitrogens with zero attached hydrogens (tertiary/aromatic N) is 2. The molecule has 0 saturated heterocycles. The fraction of sp³-hybridized carbons (Fsp3) is 0.391. The molecular weight excluding hydrogens is 384 g/mol. The fourth-order valence-electron chi connectivity index (χ4n) is 4.05. The van der Waals surface area contributed by atoms with Crippen LogP contribution in [0.4, 0.5) is 0 Å². The van der Waals surface area contributed by atoms with Crippen molar-refractivity contribution < 1.29 is 9.21 Å². The molecule has 3 heterocycles. The minimum Gasteiger partial charge on any atom is -0.450 e. The highest BCUT2D eigenvalue weighted by molar-refractivity contribution is 7.10. The van der Waals surface area contributed by atoms with Gasteiger partial charge in [0, 0.05) is 18.0 Å². The molecule has 0 spiro atoms. The maximum atomic E-state index is 13.5. The normalized spacial score (nSPS) is 16.2. The number of amides is 1. The molecule has 0 aliphatic carbocycles. The third kappa shape index (κ3) is 3.40. The Labute approximate surface area is 174 Å². The molecule has 1 aliphatic heterocycles. The number of likely N-dealkylation sites (N-methyl/N-ethyl adjacent to an activating group) is 1. The van der Waals surface area contributed by atoms with Crippen molar-refractivity contribution in [3.63, 3.8) is 0 Å². The van der Waals surface area contributed by atoms with Crippen LogP contribution >= 0.6 is 11.3 Å². The smallest absolute Gasteiger partial charge is 0.290 e. The first kappa shape index (κ1) is 19.9. The summed E-state index contributed by atoms with van der Waals surface area (Å²) in [7, 11) is 0. The van der Waals surface area contributed by atoms with Crippen molar-refractivity contribution >= 4 is 28.2 Å². The second-order valence-corrected chi connectivity index (χ2v) is 8.28. The Morgan fingerprint density at radius 2 is 1.93 bits per heavy atom. The number of aryl methyl sites for hydroxylation is 1. The van der Waals surface area contributed by atoms with Gasteiger partial charge < -0.3 is 14.2 Å². The summed E-state index contributed by atoms with van der Waals surface area (Å²) in [4.78, 5) is 31.9. The lowest BCUT2D eigenvalue weighted by molar-refractivity contribution is 0.0710. The van der Waals surface area contributed by atoms with Gasteiger partial charge in [0.1, 0.15) is 5.58 Å². The first-order valence-electron chi connectivity index (χ1n) is 10.2. The van der Waals surface area contributed by atoms with Crippen molar-refractivity contribution in [2.45, 2.75) is 33.2 Å². The van der Waals surface area contributed by atoms with E-state index in [1.807, 2.05) is 35.7 Å². The quantitative estimate of drug-likeness (QED) is 0.583. The number of carbonyl (C=O) groups is 1. The lowest BCUT2D eigenvalue weighted by Gasteiger charge is -2.27. The van der Waals surface area contributed by atoms with Gasteiger partial charge >= 0.3 is 0 Å². The number of fused-ring (bicyclic) bond motifs is 2. The minimum atomic E-state index is -0.376. The average molecular weight is 411 g/mol. The number of carbonyl (C=O) groups excluding carboxylic acids is 1. The Kier molecular flexibility index (Phi) is 5.56. The molecule has 152 valence electrons. The molecule has 1 atom stereocenters. The third-order valence-corrected chi connectivity index (χ3v) is 6.73. The fourth-order valence-corrected chi connectivity index (χ4v) is 4.90. The van der Waals surface area contributed by atoms with E-state index in [1.165, 1.54) is 0 Å². The van der Waals surface area contributed by atoms with Crippen LogP contribution in [-0.4, -0.2) is 41.9 Å². The van der Waals surface area contributed by atoms with E-state index in [9.17, 15) is 9.59 Å². The average Bonchev–Trinajstić information content (AvgIpc) is 3.36. The lowest BCUT2D eigenvalue weighted by atomic mass is 10.0. The highest BCUT2D eigenvalue weighted by Gasteiger charge is 2.43. The van der Waals surface area contributed by atoms with Gasteiger partial charge in [-0.05, 0) is 48.7 Å². The Hall–Kier alpha value is -2.44. The van der Waals surface area contributed by atoms with Crippen LogP contribution in [0.5, 0.6) is 0 Å². The minimum absolute atomic E-state index is 0.0892. The molecule has 3 aromatic rings. The maximum Gasteiger partial charge on any atom is 0.290 e. The number of thiophene rings is 1. The molecule has 1 amide bonds. The molecule has 0 saturated carbocycles. The number of hydrogen-bond acceptors (Lipinski definition) is 5. The largest absolute Gasteiger partial charge is 0.450 e. The van der Waals surface area contributed by atoms with E-state index < -0.39 is 0 Å². The molecule has 0 radical (unpaired) electrons. The standard InChI is InChI=1S/C23H26N2O3S/c1-4-15-9-10-17-16(14-15)21(26)19-20(18-8-7-13-29-18)25(23(27)22(19)28-17)12-11-24(5-2)6-3/h7-10,13-14,20H,4-6,11-12H2,1-3H3. The Morgan fingerprint density at radius 1 is 1.14 bits per heavy atom. The van der Waals surface area contributed by atoms with Crippen LogP contribution in [0.15, 0.2) is 44.9 Å². The molecule has 29 heavy (non-hydrogen) atoms. The SMILES string of the molecule is CCc1ccc2oc3c(c(=O)c2c1)C(c1cccs1)N(CCN(CC)CC)C3=O. The molecule has 2 aromatic heterocycles. The molecule has 5 nitrogen and oxygen atoms in total. The summed E-state index contributed by atoms with van der Waals surface area (Å²) < 4.78 is 6.01. The summed E-state index contributed by atoms with van der Waals surface area (Å²) in [5.41, 5.74) is 1.96. The van der Waals surface area contributed by atoms with Crippen LogP contribution < -0.4 is 5.43 Å². The van der Waals surface area contributed by atoms with Gasteiger partial charge in [-0.1, -0.05) is 32.9 Å². The number of rotatable bonds is 7. The van der Waals surface area contributed by atoms with Gasteiger partial charge in [-0.2, -0.15) is 0 Å². The Balaban J connectivity index is 1.85. The van der Waals surface area contributed by atoms with Crippen molar-refractivity contribution in [2.24, 2.45) is 0 Å². The highest BCUT2D eigenvalue weighted by Crippen LogP contribution is 2.39. The molecule has 1 unspecified atom stereocenters. The summed E-state index contributed by atoms with van der Waals surface area (Å²) in [6, 6.07) is 9.24. The molecular formula is C23H26N2O3S. The van der Waals surface area contributed by atoms with Crippen LogP contribution in [0, 0.1) is 0 Å². The molecule has 1 aliphatic rings. The van der Waals surface area contributed by atoms with Crippen LogP contribution in [-0.2, 0) is 6.42 Å². The van der Waals surface area contributed by atoms with Gasteiger partial charge in [0.2, 0.25) is 5.76 Å². The van der Waals surface area contributed by atoms with E-state index in [4.69, 9.17) is 4.42 Å². The van der Waals surface area contributed by atoms with Crippen molar-refractivity contribution in [3.8, 4) is 0 Å². The second-order valence-electron chi connectivity index (χ2n) is 7.30. The van der Waals surface area contributed by atoms with Gasteiger partial charge in [0.15, 0.2) is 5.43 Å². The van der Waals surface area contributed by atoms with E-state index in [0.717, 1.165) is 36.5 Å². The molecule has 0 fully saturated rings. The number of benzene rings is 1. The van der Waals surface area contributed by atoms with E-state index in [2.05, 4.69) is 25.7 Å². The monoisotopic (exact) mass is 410 g/mol. The molecule has 4 rings (SSSR count). The van der Waals surface area contributed by atoms with Crippen LogP contribution in [0.3, 0.4) is 0 Å². The Morgan fingerprint density at radius 3 is 2.59 bits per heavy atom. The van der Waals surface area contributed by atoms with Gasteiger partial charge in [-0.3, -0.25) is 9.59 Å². The summed E-state index contributed by atoms with van der Waals surface area (Å²) in [5, 5.41) is 2.54. The molecule has 0 N–H and O–H groups in total. The predicted octanol–water partition coefficient (Wildman–Crippen LogP) is 4.30. The van der Waals surface area contributed by atoms with Gasteiger partial charge in [0.05, 0.1) is 17.0 Å². The van der Waals surface area contributed by atoms with E-state index in [0.29, 0.717) is 23.1 Å². The predicted molar refractivity (Wildman–Crippen MR) is 117 cm³/mol. The molecule has 1 aromatic carbocycles. The van der Waals surface area contributed by atoms with E-state index in [1.54, 1.807) is 16.2 Å². The van der Waals surface area contributed by atoms with Crippen molar-refractivity contribution in [2.75, 3.05) is 26.2 Å². The van der Waals surface area contributed by atoms with Gasteiger partial charge in [0.25, 0.3) is 5.91 Å². The summed E-state index contributed by atoms with van der Waals surface area (Å²) in [6.07, 6.45) is 0.843. The number of hydrogen-bond donors (Lipinski definition) is 0. The van der Waals surface area contributed by atoms with Crippen LogP contribution in [0.1, 0.15) is 53.4 Å². The highest BCUT2D eigenvalue weighted by atomic mass is 32.1. The van der Waals surface area contributed by atoms with E-state index >= 15 is 0 Å². The van der Waals surface area contributed by atoms with E-state index in [-0.39, 0.29) is 23.1 Å². The first-order chi connectivity index (χ1) is 14.1. The topological polar surface area (TPSA) is 53.8 Å². The van der Waals surface area contributed by atoms with Gasteiger partial charge in [-0.25, -0.2) is 0 Å². The summed E-state index contributed by atoms with van der Waals surface area (Å²) in [5.74, 6) is 0.00817. The lowest BCUT2D eigenvalue weighted by Crippen LogP contribution is -2.37. The van der Waals surface area contributed by atoms with Crippen molar-refractivity contribution in [1.29, 1.82) is 0 Å². The zero-order valence-electron chi connectivity index (χ0n) is 17.1. The first-order valence-corrected chi connectivity index (χ1v) is 11.1. The summed E-state index contributed by atoms with van der Waals surface area (Å²) in [6.45, 7) is 9.47. The third-order valence-electron chi connectivity index (χ3n) is 5.80. The zero-order valence-corrected chi connectivity index (χ0v) is 17.9. The second kappa shape index (κ2) is 8.13. The van der Waals surface area contributed by atoms with Crippen molar-refractivity contribution in [3.05, 3.63) is 67.7 Å². The van der Waals surface area contributed by atoms with Crippen LogP contribution in [0.2, 0.25) is 0 Å². The maximum absolute atomic E-state index is 13.5. The summed E-state index contributed by atoms with van der Waals surface area (Å²) >= 11 is 1.57. The zero-order chi connectivity index (χ0) is 20.5. The van der Waals surface area contributed by atoms with Gasteiger partial charge in [-0.15, -0.1) is 11.3 Å². The Bertz CT molecular complexity index is 1080. The molecule has 0 bridgehead atoms. The van der Waals surface area contributed by atoms with Crippen molar-refractivity contribution in [1.82, 2.24) is 9.80 Å². The van der Waals surface area contributed by atoms with Crippen LogP contribution in [0.25, 0.3) is 11.0 Å².